The van der Waals surface area contributed by atoms with Gasteiger partial charge < -0.3 is 5.32 Å². The number of hydrogen-bond acceptors (Lipinski definition) is 2. The molecule has 0 aliphatic heterocycles. The highest BCUT2D eigenvalue weighted by Crippen LogP contribution is 2.17. The molecule has 1 amide bonds. The zero-order valence-electron chi connectivity index (χ0n) is 9.17. The van der Waals surface area contributed by atoms with Crippen molar-refractivity contribution < 1.29 is 4.79 Å². The molecule has 0 saturated carbocycles. The fourth-order valence-electron chi connectivity index (χ4n) is 1.23. The van der Waals surface area contributed by atoms with Crippen molar-refractivity contribution in [1.82, 2.24) is 4.98 Å². The Labute approximate surface area is 98.4 Å². The number of nitrogens with one attached hydrogen (secondary N) is 1. The van der Waals surface area contributed by atoms with Crippen LogP contribution in [0.2, 0.25) is 0 Å². The third-order valence-electron chi connectivity index (χ3n) is 1.90. The first kappa shape index (κ1) is 12.2. The highest BCUT2D eigenvalue weighted by molar-refractivity contribution is 9.10. The van der Waals surface area contributed by atoms with Crippen molar-refractivity contribution in [3.63, 3.8) is 0 Å². The second-order valence-electron chi connectivity index (χ2n) is 3.97. The van der Waals surface area contributed by atoms with Crippen LogP contribution in [-0.4, -0.2) is 10.9 Å². The predicted octanol–water partition coefficient (Wildman–Crippen LogP) is 3.14. The second kappa shape index (κ2) is 5.26. The Morgan fingerprint density at radius 2 is 2.27 bits per heavy atom. The van der Waals surface area contributed by atoms with E-state index in [-0.39, 0.29) is 5.91 Å². The van der Waals surface area contributed by atoms with Gasteiger partial charge in [0.15, 0.2) is 0 Å². The Kier molecular flexibility index (Phi) is 4.27. The van der Waals surface area contributed by atoms with Crippen LogP contribution < -0.4 is 5.32 Å². The number of halogens is 1. The topological polar surface area (TPSA) is 42.0 Å². The van der Waals surface area contributed by atoms with Gasteiger partial charge in [0.25, 0.3) is 0 Å². The number of carbonyl (C=O) groups excluding carboxylic acids is 1. The summed E-state index contributed by atoms with van der Waals surface area (Å²) >= 11 is 3.33. The quantitative estimate of drug-likeness (QED) is 0.917. The van der Waals surface area contributed by atoms with Gasteiger partial charge in [0, 0.05) is 17.1 Å². The van der Waals surface area contributed by atoms with Crippen LogP contribution in [0.4, 0.5) is 5.82 Å². The third-order valence-corrected chi connectivity index (χ3v) is 2.33. The largest absolute Gasteiger partial charge is 0.310 e. The molecule has 0 aliphatic rings. The van der Waals surface area contributed by atoms with E-state index >= 15 is 0 Å². The molecule has 82 valence electrons. The normalized spacial score (nSPS) is 10.5. The van der Waals surface area contributed by atoms with Crippen LogP contribution in [0, 0.1) is 12.8 Å². The van der Waals surface area contributed by atoms with Gasteiger partial charge in [-0.05, 0) is 40.4 Å². The second-order valence-corrected chi connectivity index (χ2v) is 4.88. The minimum atomic E-state index is 0.0166. The number of carbonyl (C=O) groups is 1. The maximum absolute atomic E-state index is 11.5. The van der Waals surface area contributed by atoms with Crippen LogP contribution in [0.3, 0.4) is 0 Å². The van der Waals surface area contributed by atoms with E-state index in [9.17, 15) is 4.79 Å². The monoisotopic (exact) mass is 270 g/mol. The summed E-state index contributed by atoms with van der Waals surface area (Å²) in [6, 6.07) is 1.93. The Bertz CT molecular complexity index is 364. The summed E-state index contributed by atoms with van der Waals surface area (Å²) in [5.74, 6) is 1.02. The average molecular weight is 271 g/mol. The summed E-state index contributed by atoms with van der Waals surface area (Å²) in [5, 5.41) is 2.80. The maximum atomic E-state index is 11.5. The zero-order chi connectivity index (χ0) is 11.4. The molecular weight excluding hydrogens is 256 g/mol. The van der Waals surface area contributed by atoms with Crippen LogP contribution in [0.1, 0.15) is 25.8 Å². The molecule has 0 spiro atoms. The predicted molar refractivity (Wildman–Crippen MR) is 64.8 cm³/mol. The lowest BCUT2D eigenvalue weighted by Crippen LogP contribution is -2.15. The number of amides is 1. The highest BCUT2D eigenvalue weighted by Gasteiger charge is 2.07. The first-order chi connectivity index (χ1) is 6.99. The van der Waals surface area contributed by atoms with E-state index in [1.54, 1.807) is 6.20 Å². The minimum Gasteiger partial charge on any atom is -0.310 e. The Balaban J connectivity index is 2.68. The van der Waals surface area contributed by atoms with Gasteiger partial charge in [0.05, 0.1) is 0 Å². The molecular formula is C11H15BrN2O. The number of aryl methyl sites for hydroxylation is 1. The third kappa shape index (κ3) is 4.00. The Hall–Kier alpha value is -0.900. The molecule has 4 heteroatoms. The van der Waals surface area contributed by atoms with Gasteiger partial charge in [-0.15, -0.1) is 0 Å². The first-order valence-electron chi connectivity index (χ1n) is 4.91. The molecule has 0 unspecified atom stereocenters. The van der Waals surface area contributed by atoms with Crippen LogP contribution in [0.5, 0.6) is 0 Å². The molecule has 0 radical (unpaired) electrons. The molecule has 0 fully saturated rings. The molecule has 1 aromatic heterocycles. The summed E-state index contributed by atoms with van der Waals surface area (Å²) < 4.78 is 0.918. The van der Waals surface area contributed by atoms with Gasteiger partial charge in [-0.1, -0.05) is 13.8 Å². The van der Waals surface area contributed by atoms with Crippen molar-refractivity contribution in [2.75, 3.05) is 5.32 Å². The zero-order valence-corrected chi connectivity index (χ0v) is 10.8. The number of pyridine rings is 1. The van der Waals surface area contributed by atoms with Crippen molar-refractivity contribution in [3.05, 3.63) is 22.3 Å². The summed E-state index contributed by atoms with van der Waals surface area (Å²) in [7, 11) is 0. The van der Waals surface area contributed by atoms with Gasteiger partial charge in [-0.3, -0.25) is 4.79 Å². The molecule has 0 saturated heterocycles. The van der Waals surface area contributed by atoms with Gasteiger partial charge in [0.1, 0.15) is 5.82 Å². The SMILES string of the molecule is Cc1cc(Br)cnc1NC(=O)CC(C)C. The number of rotatable bonds is 3. The smallest absolute Gasteiger partial charge is 0.225 e. The van der Waals surface area contributed by atoms with E-state index in [2.05, 4.69) is 26.2 Å². The van der Waals surface area contributed by atoms with Crippen molar-refractivity contribution >= 4 is 27.7 Å². The summed E-state index contributed by atoms with van der Waals surface area (Å²) in [6.45, 7) is 5.95. The number of nitrogens with zero attached hydrogens (tertiary/aromatic N) is 1. The number of anilines is 1. The van der Waals surface area contributed by atoms with Crippen LogP contribution in [-0.2, 0) is 4.79 Å². The molecule has 3 nitrogen and oxygen atoms in total. The molecule has 1 aromatic rings. The fourth-order valence-corrected chi connectivity index (χ4v) is 1.67. The molecule has 0 atom stereocenters. The van der Waals surface area contributed by atoms with E-state index in [4.69, 9.17) is 0 Å². The molecule has 1 heterocycles. The summed E-state index contributed by atoms with van der Waals surface area (Å²) in [5.41, 5.74) is 0.960. The maximum Gasteiger partial charge on any atom is 0.225 e. The van der Waals surface area contributed by atoms with E-state index in [0.29, 0.717) is 18.2 Å². The lowest BCUT2D eigenvalue weighted by atomic mass is 10.1. The molecule has 0 aromatic carbocycles. The molecule has 0 bridgehead atoms. The van der Waals surface area contributed by atoms with Crippen molar-refractivity contribution in [3.8, 4) is 0 Å². The van der Waals surface area contributed by atoms with Crippen molar-refractivity contribution in [2.45, 2.75) is 27.2 Å². The Morgan fingerprint density at radius 3 is 2.80 bits per heavy atom. The molecule has 15 heavy (non-hydrogen) atoms. The first-order valence-corrected chi connectivity index (χ1v) is 5.70. The summed E-state index contributed by atoms with van der Waals surface area (Å²) in [4.78, 5) is 15.6. The van der Waals surface area contributed by atoms with Gasteiger partial charge in [-0.25, -0.2) is 4.98 Å². The minimum absolute atomic E-state index is 0.0166. The average Bonchev–Trinajstić information content (AvgIpc) is 2.08. The summed E-state index contributed by atoms with van der Waals surface area (Å²) in [6.07, 6.45) is 2.20. The van der Waals surface area contributed by atoms with Crippen molar-refractivity contribution in [1.29, 1.82) is 0 Å². The van der Waals surface area contributed by atoms with E-state index in [1.165, 1.54) is 0 Å². The van der Waals surface area contributed by atoms with Gasteiger partial charge in [0.2, 0.25) is 5.91 Å². The molecule has 1 rings (SSSR count). The van der Waals surface area contributed by atoms with Crippen LogP contribution in [0.25, 0.3) is 0 Å². The lowest BCUT2D eigenvalue weighted by Gasteiger charge is -2.08. The van der Waals surface area contributed by atoms with E-state index in [0.717, 1.165) is 10.0 Å². The highest BCUT2D eigenvalue weighted by atomic mass is 79.9. The Morgan fingerprint density at radius 1 is 1.60 bits per heavy atom. The fraction of sp³-hybridized carbons (Fsp3) is 0.455. The van der Waals surface area contributed by atoms with Crippen LogP contribution in [0.15, 0.2) is 16.7 Å². The lowest BCUT2D eigenvalue weighted by molar-refractivity contribution is -0.116. The van der Waals surface area contributed by atoms with Crippen LogP contribution >= 0.6 is 15.9 Å². The standard InChI is InChI=1S/C11H15BrN2O/c1-7(2)4-10(15)14-11-8(3)5-9(12)6-13-11/h5-7H,4H2,1-3H3,(H,13,14,15). The van der Waals surface area contributed by atoms with E-state index in [1.807, 2.05) is 26.8 Å². The molecule has 1 N–H and O–H groups in total. The van der Waals surface area contributed by atoms with Gasteiger partial charge in [-0.2, -0.15) is 0 Å². The van der Waals surface area contributed by atoms with Gasteiger partial charge >= 0.3 is 0 Å². The van der Waals surface area contributed by atoms with Crippen molar-refractivity contribution in [2.24, 2.45) is 5.92 Å². The number of aromatic nitrogens is 1. The number of hydrogen-bond donors (Lipinski definition) is 1. The van der Waals surface area contributed by atoms with E-state index < -0.39 is 0 Å². The molecule has 0 aliphatic carbocycles.